The third kappa shape index (κ3) is 2.10. The highest BCUT2D eigenvalue weighted by atomic mass is 127. The Balaban J connectivity index is 2.33. The number of halogens is 1. The molecular weight excluding hydrogens is 349 g/mol. The molecule has 0 fully saturated rings. The van der Waals surface area contributed by atoms with Crippen LogP contribution in [0.1, 0.15) is 6.92 Å². The Morgan fingerprint density at radius 2 is 2.00 bits per heavy atom. The van der Waals surface area contributed by atoms with Gasteiger partial charge in [0.2, 0.25) is 0 Å². The molecule has 1 heterocycles. The van der Waals surface area contributed by atoms with Gasteiger partial charge >= 0.3 is 0 Å². The molecule has 1 aromatic heterocycles. The molecule has 19 heavy (non-hydrogen) atoms. The van der Waals surface area contributed by atoms with Crippen LogP contribution in [0.5, 0.6) is 0 Å². The summed E-state index contributed by atoms with van der Waals surface area (Å²) in [7, 11) is 0. The zero-order valence-corrected chi connectivity index (χ0v) is 12.8. The van der Waals surface area contributed by atoms with E-state index < -0.39 is 0 Å². The number of nitrogens with zero attached hydrogens (tertiary/aromatic N) is 2. The van der Waals surface area contributed by atoms with Gasteiger partial charge in [-0.1, -0.05) is 12.1 Å². The molecule has 0 bridgehead atoms. The van der Waals surface area contributed by atoms with Gasteiger partial charge in [-0.15, -0.1) is 0 Å². The summed E-state index contributed by atoms with van der Waals surface area (Å²) in [4.78, 5) is 4.74. The van der Waals surface area contributed by atoms with Crippen molar-refractivity contribution < 1.29 is 0 Å². The fourth-order valence-electron chi connectivity index (χ4n) is 2.32. The van der Waals surface area contributed by atoms with Crippen molar-refractivity contribution in [2.75, 3.05) is 5.73 Å². The van der Waals surface area contributed by atoms with Gasteiger partial charge in [-0.05, 0) is 59.8 Å². The van der Waals surface area contributed by atoms with E-state index in [1.807, 2.05) is 30.3 Å². The predicted octanol–water partition coefficient (Wildman–Crippen LogP) is 3.91. The summed E-state index contributed by atoms with van der Waals surface area (Å²) in [6.45, 7) is 3.00. The van der Waals surface area contributed by atoms with E-state index in [-0.39, 0.29) is 0 Å². The number of nitrogen functional groups attached to an aromatic ring is 1. The number of hydrogen-bond acceptors (Lipinski definition) is 2. The van der Waals surface area contributed by atoms with Crippen LogP contribution in [0.2, 0.25) is 0 Å². The van der Waals surface area contributed by atoms with Crippen molar-refractivity contribution in [2.24, 2.45) is 0 Å². The van der Waals surface area contributed by atoms with Crippen molar-refractivity contribution in [3.63, 3.8) is 0 Å². The molecule has 3 aromatic rings. The number of aromatic nitrogens is 2. The topological polar surface area (TPSA) is 43.8 Å². The number of rotatable bonds is 2. The van der Waals surface area contributed by atoms with Crippen molar-refractivity contribution in [3.05, 3.63) is 46.0 Å². The zero-order chi connectivity index (χ0) is 13.4. The number of benzene rings is 2. The Morgan fingerprint density at radius 1 is 1.21 bits per heavy atom. The maximum Gasteiger partial charge on any atom is 0.143 e. The molecule has 0 aliphatic carbocycles. The van der Waals surface area contributed by atoms with Crippen LogP contribution in [0, 0.1) is 3.57 Å². The number of imidazole rings is 1. The third-order valence-corrected chi connectivity index (χ3v) is 3.90. The largest absolute Gasteiger partial charge is 0.398 e. The summed E-state index contributed by atoms with van der Waals surface area (Å²) < 4.78 is 3.37. The summed E-state index contributed by atoms with van der Waals surface area (Å²) in [6, 6.07) is 14.2. The lowest BCUT2D eigenvalue weighted by atomic mass is 10.1. The van der Waals surface area contributed by atoms with E-state index in [0.29, 0.717) is 0 Å². The Bertz CT molecular complexity index is 746. The van der Waals surface area contributed by atoms with Crippen LogP contribution in [0.3, 0.4) is 0 Å². The van der Waals surface area contributed by atoms with Crippen LogP contribution in [-0.2, 0) is 6.54 Å². The van der Waals surface area contributed by atoms with Crippen LogP contribution >= 0.6 is 22.6 Å². The molecule has 0 atom stereocenters. The Hall–Kier alpha value is -1.56. The first-order valence-corrected chi connectivity index (χ1v) is 7.29. The van der Waals surface area contributed by atoms with E-state index in [2.05, 4.69) is 46.2 Å². The van der Waals surface area contributed by atoms with Gasteiger partial charge in [0.15, 0.2) is 0 Å². The van der Waals surface area contributed by atoms with E-state index >= 15 is 0 Å². The third-order valence-electron chi connectivity index (χ3n) is 3.23. The highest BCUT2D eigenvalue weighted by Gasteiger charge is 2.13. The minimum atomic E-state index is 0.769. The van der Waals surface area contributed by atoms with E-state index in [1.54, 1.807) is 0 Å². The van der Waals surface area contributed by atoms with Crippen molar-refractivity contribution in [3.8, 4) is 11.4 Å². The molecule has 0 saturated carbocycles. The first-order chi connectivity index (χ1) is 9.20. The van der Waals surface area contributed by atoms with Gasteiger partial charge in [-0.3, -0.25) is 0 Å². The summed E-state index contributed by atoms with van der Waals surface area (Å²) >= 11 is 2.30. The second kappa shape index (κ2) is 4.85. The minimum absolute atomic E-state index is 0.769. The smallest absolute Gasteiger partial charge is 0.143 e. The average molecular weight is 363 g/mol. The molecule has 4 heteroatoms. The molecule has 96 valence electrons. The first kappa shape index (κ1) is 12.5. The van der Waals surface area contributed by atoms with Gasteiger partial charge in [-0.2, -0.15) is 0 Å². The first-order valence-electron chi connectivity index (χ1n) is 6.21. The standard InChI is InChI=1S/C15H14IN3/c1-2-19-14-6-4-3-5-13(14)18-15(19)11-9-10(16)7-8-12(11)17/h3-9H,2,17H2,1H3. The molecule has 0 saturated heterocycles. The average Bonchev–Trinajstić information content (AvgIpc) is 2.79. The maximum atomic E-state index is 6.11. The normalized spacial score (nSPS) is 11.1. The molecule has 2 aromatic carbocycles. The van der Waals surface area contributed by atoms with Gasteiger partial charge in [0.05, 0.1) is 11.0 Å². The van der Waals surface area contributed by atoms with Gasteiger partial charge in [0, 0.05) is 21.4 Å². The number of hydrogen-bond donors (Lipinski definition) is 1. The van der Waals surface area contributed by atoms with Crippen molar-refractivity contribution in [1.82, 2.24) is 9.55 Å². The second-order valence-electron chi connectivity index (χ2n) is 4.40. The van der Waals surface area contributed by atoms with E-state index in [9.17, 15) is 0 Å². The quantitative estimate of drug-likeness (QED) is 0.554. The van der Waals surface area contributed by atoms with Crippen molar-refractivity contribution in [1.29, 1.82) is 0 Å². The number of aryl methyl sites for hydroxylation is 1. The van der Waals surface area contributed by atoms with Gasteiger partial charge in [0.1, 0.15) is 5.82 Å². The van der Waals surface area contributed by atoms with E-state index in [1.165, 1.54) is 0 Å². The molecular formula is C15H14IN3. The highest BCUT2D eigenvalue weighted by Crippen LogP contribution is 2.30. The summed E-state index contributed by atoms with van der Waals surface area (Å²) in [5.74, 6) is 0.944. The summed E-state index contributed by atoms with van der Waals surface area (Å²) in [5.41, 5.74) is 10.0. The molecule has 0 unspecified atom stereocenters. The Morgan fingerprint density at radius 3 is 2.79 bits per heavy atom. The fraction of sp³-hybridized carbons (Fsp3) is 0.133. The minimum Gasteiger partial charge on any atom is -0.398 e. The van der Waals surface area contributed by atoms with Crippen LogP contribution in [0.4, 0.5) is 5.69 Å². The maximum absolute atomic E-state index is 6.11. The van der Waals surface area contributed by atoms with Gasteiger partial charge in [-0.25, -0.2) is 4.98 Å². The van der Waals surface area contributed by atoms with Crippen LogP contribution in [0.15, 0.2) is 42.5 Å². The van der Waals surface area contributed by atoms with Gasteiger partial charge < -0.3 is 10.3 Å². The molecule has 0 aliphatic heterocycles. The number of nitrogens with two attached hydrogens (primary N) is 1. The number of fused-ring (bicyclic) bond motifs is 1. The molecule has 0 radical (unpaired) electrons. The lowest BCUT2D eigenvalue weighted by Gasteiger charge is -2.09. The summed E-state index contributed by atoms with van der Waals surface area (Å²) in [5, 5.41) is 0. The SMILES string of the molecule is CCn1c(-c2cc(I)ccc2N)nc2ccccc21. The Labute approximate surface area is 125 Å². The van der Waals surface area contributed by atoms with Crippen LogP contribution in [-0.4, -0.2) is 9.55 Å². The molecule has 2 N–H and O–H groups in total. The monoisotopic (exact) mass is 363 g/mol. The molecule has 0 amide bonds. The lowest BCUT2D eigenvalue weighted by molar-refractivity contribution is 0.796. The van der Waals surface area contributed by atoms with E-state index in [0.717, 1.165) is 38.2 Å². The lowest BCUT2D eigenvalue weighted by Crippen LogP contribution is -2.00. The molecule has 3 rings (SSSR count). The summed E-state index contributed by atoms with van der Waals surface area (Å²) in [6.07, 6.45) is 0. The fourth-order valence-corrected chi connectivity index (χ4v) is 2.81. The van der Waals surface area contributed by atoms with Crippen LogP contribution < -0.4 is 5.73 Å². The van der Waals surface area contributed by atoms with Crippen molar-refractivity contribution in [2.45, 2.75) is 13.5 Å². The van der Waals surface area contributed by atoms with Crippen LogP contribution in [0.25, 0.3) is 22.4 Å². The van der Waals surface area contributed by atoms with Gasteiger partial charge in [0.25, 0.3) is 0 Å². The number of anilines is 1. The number of para-hydroxylation sites is 2. The predicted molar refractivity (Wildman–Crippen MR) is 88.0 cm³/mol. The van der Waals surface area contributed by atoms with E-state index in [4.69, 9.17) is 10.7 Å². The zero-order valence-electron chi connectivity index (χ0n) is 10.6. The van der Waals surface area contributed by atoms with Crippen molar-refractivity contribution >= 4 is 39.3 Å². The second-order valence-corrected chi connectivity index (χ2v) is 5.65. The molecule has 0 aliphatic rings. The molecule has 0 spiro atoms. The highest BCUT2D eigenvalue weighted by molar-refractivity contribution is 14.1. The molecule has 3 nitrogen and oxygen atoms in total. The Kier molecular flexibility index (Phi) is 3.18.